The molecule has 2 aromatic carbocycles. The highest BCUT2D eigenvalue weighted by Crippen LogP contribution is 2.42. The first-order chi connectivity index (χ1) is 9.54. The summed E-state index contributed by atoms with van der Waals surface area (Å²) in [6, 6.07) is 11.4. The molecule has 106 valence electrons. The lowest BCUT2D eigenvalue weighted by Crippen LogP contribution is -1.98. The molecule has 0 heterocycles. The van der Waals surface area contributed by atoms with Crippen LogP contribution in [0.4, 0.5) is 0 Å². The van der Waals surface area contributed by atoms with Gasteiger partial charge in [-0.3, -0.25) is 0 Å². The molecule has 5 heteroatoms. The van der Waals surface area contributed by atoms with Crippen LogP contribution in [-0.2, 0) is 0 Å². The number of hydrogen-bond donors (Lipinski definition) is 0. The van der Waals surface area contributed by atoms with E-state index in [2.05, 4.69) is 31.9 Å². The van der Waals surface area contributed by atoms with Crippen molar-refractivity contribution >= 4 is 55.1 Å². The minimum absolute atomic E-state index is 0.0891. The molecule has 0 saturated carbocycles. The molecule has 2 aromatic rings. The van der Waals surface area contributed by atoms with Crippen molar-refractivity contribution in [3.05, 3.63) is 62.0 Å². The molecule has 0 aromatic heterocycles. The highest BCUT2D eigenvalue weighted by Gasteiger charge is 2.19. The number of benzene rings is 2. The maximum Gasteiger partial charge on any atom is 0.120 e. The SMILES string of the molecule is CCOc1ccc(C(Br)c2c(Cl)cccc2Cl)c(Br)c1. The summed E-state index contributed by atoms with van der Waals surface area (Å²) in [7, 11) is 0. The van der Waals surface area contributed by atoms with Gasteiger partial charge in [0.2, 0.25) is 0 Å². The van der Waals surface area contributed by atoms with Gasteiger partial charge in [0.05, 0.1) is 11.4 Å². The maximum atomic E-state index is 6.25. The van der Waals surface area contributed by atoms with Gasteiger partial charge in [-0.05, 0) is 36.8 Å². The largest absolute Gasteiger partial charge is 0.494 e. The van der Waals surface area contributed by atoms with Gasteiger partial charge >= 0.3 is 0 Å². The molecule has 0 aliphatic carbocycles. The topological polar surface area (TPSA) is 9.23 Å². The smallest absolute Gasteiger partial charge is 0.120 e. The van der Waals surface area contributed by atoms with Gasteiger partial charge in [-0.25, -0.2) is 0 Å². The third kappa shape index (κ3) is 3.51. The van der Waals surface area contributed by atoms with Gasteiger partial charge in [-0.15, -0.1) is 0 Å². The number of halogens is 4. The number of hydrogen-bond acceptors (Lipinski definition) is 1. The predicted octanol–water partition coefficient (Wildman–Crippen LogP) is 6.64. The van der Waals surface area contributed by atoms with Crippen LogP contribution in [0, 0.1) is 0 Å². The van der Waals surface area contributed by atoms with Crippen molar-refractivity contribution in [2.24, 2.45) is 0 Å². The van der Waals surface area contributed by atoms with Gasteiger partial charge in [0.25, 0.3) is 0 Å². The molecule has 0 saturated heterocycles. The lowest BCUT2D eigenvalue weighted by atomic mass is 10.0. The third-order valence-electron chi connectivity index (χ3n) is 2.81. The summed E-state index contributed by atoms with van der Waals surface area (Å²) in [5.41, 5.74) is 1.91. The zero-order valence-electron chi connectivity index (χ0n) is 10.7. The van der Waals surface area contributed by atoms with Crippen LogP contribution in [0.5, 0.6) is 5.75 Å². The van der Waals surface area contributed by atoms with Gasteiger partial charge in [0.15, 0.2) is 0 Å². The fourth-order valence-electron chi connectivity index (χ4n) is 1.88. The van der Waals surface area contributed by atoms with Crippen LogP contribution in [-0.4, -0.2) is 6.61 Å². The highest BCUT2D eigenvalue weighted by atomic mass is 79.9. The van der Waals surface area contributed by atoms with Gasteiger partial charge in [-0.1, -0.05) is 67.2 Å². The fourth-order valence-corrected chi connectivity index (χ4v) is 4.54. The summed E-state index contributed by atoms with van der Waals surface area (Å²) in [5.74, 6) is 0.827. The second-order valence-electron chi connectivity index (χ2n) is 4.11. The minimum atomic E-state index is -0.0891. The Hall–Kier alpha value is -0.220. The van der Waals surface area contributed by atoms with Gasteiger partial charge < -0.3 is 4.74 Å². The van der Waals surface area contributed by atoms with Crippen molar-refractivity contribution in [1.29, 1.82) is 0 Å². The van der Waals surface area contributed by atoms with Crippen LogP contribution in [0.1, 0.15) is 22.9 Å². The first-order valence-electron chi connectivity index (χ1n) is 6.04. The molecule has 0 amide bonds. The van der Waals surface area contributed by atoms with Crippen molar-refractivity contribution in [3.8, 4) is 5.75 Å². The van der Waals surface area contributed by atoms with E-state index < -0.39 is 0 Å². The molecule has 0 aliphatic heterocycles. The lowest BCUT2D eigenvalue weighted by Gasteiger charge is -2.16. The van der Waals surface area contributed by atoms with Crippen LogP contribution < -0.4 is 4.74 Å². The average molecular weight is 439 g/mol. The standard InChI is InChI=1S/C15H12Br2Cl2O/c1-2-20-9-6-7-10(11(16)8-9)15(17)14-12(18)4-3-5-13(14)19/h3-8,15H,2H2,1H3. The number of alkyl halides is 1. The van der Waals surface area contributed by atoms with Gasteiger partial charge in [0, 0.05) is 20.1 Å². The molecule has 0 N–H and O–H groups in total. The molecular weight excluding hydrogens is 427 g/mol. The van der Waals surface area contributed by atoms with E-state index in [-0.39, 0.29) is 4.83 Å². The summed E-state index contributed by atoms with van der Waals surface area (Å²) >= 11 is 19.7. The van der Waals surface area contributed by atoms with E-state index in [1.54, 1.807) is 0 Å². The summed E-state index contributed by atoms with van der Waals surface area (Å²) in [6.07, 6.45) is 0. The first kappa shape index (κ1) is 16.2. The summed E-state index contributed by atoms with van der Waals surface area (Å²) in [6.45, 7) is 2.60. The van der Waals surface area contributed by atoms with Crippen molar-refractivity contribution < 1.29 is 4.74 Å². The number of rotatable bonds is 4. The van der Waals surface area contributed by atoms with E-state index in [1.165, 1.54) is 0 Å². The van der Waals surface area contributed by atoms with E-state index in [0.717, 1.165) is 21.3 Å². The van der Waals surface area contributed by atoms with Crippen molar-refractivity contribution in [2.75, 3.05) is 6.61 Å². The van der Waals surface area contributed by atoms with Crippen LogP contribution in [0.3, 0.4) is 0 Å². The molecule has 0 fully saturated rings. The van der Waals surface area contributed by atoms with Gasteiger partial charge in [-0.2, -0.15) is 0 Å². The van der Waals surface area contributed by atoms with E-state index in [0.29, 0.717) is 16.7 Å². The molecule has 2 rings (SSSR count). The first-order valence-corrected chi connectivity index (χ1v) is 8.51. The summed E-state index contributed by atoms with van der Waals surface area (Å²) in [5, 5.41) is 1.28. The van der Waals surface area contributed by atoms with Crippen LogP contribution in [0.15, 0.2) is 40.9 Å². The Kier molecular flexibility index (Phi) is 5.79. The van der Waals surface area contributed by atoms with Crippen molar-refractivity contribution in [3.63, 3.8) is 0 Å². The Bertz CT molecular complexity index is 597. The third-order valence-corrected chi connectivity index (χ3v) is 5.11. The Morgan fingerprint density at radius 3 is 2.35 bits per heavy atom. The Morgan fingerprint density at radius 1 is 1.15 bits per heavy atom. The molecule has 0 radical (unpaired) electrons. The summed E-state index contributed by atoms with van der Waals surface area (Å²) in [4.78, 5) is -0.0891. The molecule has 0 spiro atoms. The Morgan fingerprint density at radius 2 is 1.80 bits per heavy atom. The molecule has 1 nitrogen and oxygen atoms in total. The zero-order chi connectivity index (χ0) is 14.7. The quantitative estimate of drug-likeness (QED) is 0.486. The van der Waals surface area contributed by atoms with Crippen LogP contribution in [0.2, 0.25) is 10.0 Å². The lowest BCUT2D eigenvalue weighted by molar-refractivity contribution is 0.340. The van der Waals surface area contributed by atoms with Crippen LogP contribution in [0.25, 0.3) is 0 Å². The highest BCUT2D eigenvalue weighted by molar-refractivity contribution is 9.11. The van der Waals surface area contributed by atoms with E-state index >= 15 is 0 Å². The van der Waals surface area contributed by atoms with Gasteiger partial charge in [0.1, 0.15) is 5.75 Å². The van der Waals surface area contributed by atoms with Crippen molar-refractivity contribution in [1.82, 2.24) is 0 Å². The molecular formula is C15H12Br2Cl2O. The Balaban J connectivity index is 2.41. The molecule has 0 aliphatic rings. The van der Waals surface area contributed by atoms with Crippen molar-refractivity contribution in [2.45, 2.75) is 11.8 Å². The maximum absolute atomic E-state index is 6.25. The molecule has 1 unspecified atom stereocenters. The molecule has 1 atom stereocenters. The number of ether oxygens (including phenoxy) is 1. The second kappa shape index (κ2) is 7.17. The minimum Gasteiger partial charge on any atom is -0.494 e. The van der Waals surface area contributed by atoms with Crippen LogP contribution >= 0.6 is 55.1 Å². The normalized spacial score (nSPS) is 12.2. The van der Waals surface area contributed by atoms with E-state index in [1.807, 2.05) is 43.3 Å². The second-order valence-corrected chi connectivity index (χ2v) is 6.70. The Labute approximate surface area is 145 Å². The fraction of sp³-hybridized carbons (Fsp3) is 0.200. The molecule has 20 heavy (non-hydrogen) atoms. The average Bonchev–Trinajstić information content (AvgIpc) is 2.38. The van der Waals surface area contributed by atoms with E-state index in [4.69, 9.17) is 27.9 Å². The summed E-state index contributed by atoms with van der Waals surface area (Å²) < 4.78 is 6.42. The monoisotopic (exact) mass is 436 g/mol. The molecule has 0 bridgehead atoms. The van der Waals surface area contributed by atoms with E-state index in [9.17, 15) is 0 Å². The zero-order valence-corrected chi connectivity index (χ0v) is 15.4. The predicted molar refractivity (Wildman–Crippen MR) is 92.5 cm³/mol.